The lowest BCUT2D eigenvalue weighted by molar-refractivity contribution is 0.476. The molecule has 0 bridgehead atoms. The van der Waals surface area contributed by atoms with Crippen molar-refractivity contribution in [1.29, 1.82) is 0 Å². The normalized spacial score (nSPS) is 15.4. The fraction of sp³-hybridized carbons (Fsp3) is 0.263. The standard InChI is InChI=1S/C19H21N5O2S/c20-15-4-3-5-16-17(15)18(23-19(21)22-16)14-8-6-13(7-9-14)12-27(25,26)24-10-1-2-11-24/h3-9H,1-2,10-12,20H2,(H2,21,22,23). The minimum atomic E-state index is -3.27. The highest BCUT2D eigenvalue weighted by Crippen LogP contribution is 2.31. The molecule has 0 atom stereocenters. The molecule has 140 valence electrons. The SMILES string of the molecule is Nc1nc(-c2ccc(CS(=O)(=O)N3CCCC3)cc2)c2c(N)cccc2n1. The van der Waals surface area contributed by atoms with Crippen LogP contribution in [0, 0.1) is 0 Å². The molecule has 0 aliphatic carbocycles. The second-order valence-corrected chi connectivity index (χ2v) is 8.70. The van der Waals surface area contributed by atoms with E-state index in [2.05, 4.69) is 9.97 Å². The molecular formula is C19H21N5O2S. The maximum Gasteiger partial charge on any atom is 0.221 e. The largest absolute Gasteiger partial charge is 0.398 e. The second kappa shape index (κ2) is 6.79. The topological polar surface area (TPSA) is 115 Å². The van der Waals surface area contributed by atoms with E-state index in [1.54, 1.807) is 10.4 Å². The third kappa shape index (κ3) is 3.45. The van der Waals surface area contributed by atoms with Gasteiger partial charge in [0.25, 0.3) is 0 Å². The first-order valence-electron chi connectivity index (χ1n) is 8.83. The molecule has 1 aliphatic rings. The van der Waals surface area contributed by atoms with E-state index in [4.69, 9.17) is 11.5 Å². The van der Waals surface area contributed by atoms with Crippen LogP contribution in [0.1, 0.15) is 18.4 Å². The molecule has 4 rings (SSSR count). The Balaban J connectivity index is 1.68. The number of aromatic nitrogens is 2. The van der Waals surface area contributed by atoms with E-state index < -0.39 is 10.0 Å². The second-order valence-electron chi connectivity index (χ2n) is 6.73. The Labute approximate surface area is 158 Å². The number of hydrogen-bond donors (Lipinski definition) is 2. The zero-order chi connectivity index (χ0) is 19.0. The van der Waals surface area contributed by atoms with Crippen molar-refractivity contribution in [2.75, 3.05) is 24.6 Å². The minimum absolute atomic E-state index is 0.00206. The van der Waals surface area contributed by atoms with Crippen LogP contribution in [0.4, 0.5) is 11.6 Å². The summed E-state index contributed by atoms with van der Waals surface area (Å²) in [5.74, 6) is 0.172. The summed E-state index contributed by atoms with van der Waals surface area (Å²) >= 11 is 0. The van der Waals surface area contributed by atoms with Crippen LogP contribution in [0.15, 0.2) is 42.5 Å². The summed E-state index contributed by atoms with van der Waals surface area (Å²) in [6, 6.07) is 12.8. The Bertz CT molecular complexity index is 1090. The molecule has 4 N–H and O–H groups in total. The van der Waals surface area contributed by atoms with Crippen LogP contribution in [0.3, 0.4) is 0 Å². The summed E-state index contributed by atoms with van der Waals surface area (Å²) < 4.78 is 26.6. The van der Waals surface area contributed by atoms with Gasteiger partial charge in [-0.15, -0.1) is 0 Å². The van der Waals surface area contributed by atoms with E-state index in [1.165, 1.54) is 0 Å². The first-order chi connectivity index (χ1) is 12.9. The third-order valence-electron chi connectivity index (χ3n) is 4.81. The average molecular weight is 383 g/mol. The molecule has 7 nitrogen and oxygen atoms in total. The number of benzene rings is 2. The van der Waals surface area contributed by atoms with Crippen molar-refractivity contribution in [3.8, 4) is 11.3 Å². The number of sulfonamides is 1. The number of nitrogen functional groups attached to an aromatic ring is 2. The van der Waals surface area contributed by atoms with E-state index in [1.807, 2.05) is 36.4 Å². The summed E-state index contributed by atoms with van der Waals surface area (Å²) in [4.78, 5) is 8.59. The molecule has 0 saturated carbocycles. The highest BCUT2D eigenvalue weighted by Gasteiger charge is 2.25. The van der Waals surface area contributed by atoms with Gasteiger partial charge in [0.1, 0.15) is 0 Å². The fourth-order valence-electron chi connectivity index (χ4n) is 3.46. The first-order valence-corrected chi connectivity index (χ1v) is 10.4. The van der Waals surface area contributed by atoms with Crippen LogP contribution in [0.5, 0.6) is 0 Å². The molecule has 1 saturated heterocycles. The Morgan fingerprint density at radius 2 is 1.67 bits per heavy atom. The molecule has 0 amide bonds. The molecule has 0 spiro atoms. The molecule has 2 heterocycles. The van der Waals surface area contributed by atoms with Crippen molar-refractivity contribution in [1.82, 2.24) is 14.3 Å². The molecular weight excluding hydrogens is 362 g/mol. The average Bonchev–Trinajstić information content (AvgIpc) is 3.17. The van der Waals surface area contributed by atoms with Gasteiger partial charge in [-0.3, -0.25) is 0 Å². The first kappa shape index (κ1) is 17.7. The van der Waals surface area contributed by atoms with Gasteiger partial charge >= 0.3 is 0 Å². The Kier molecular flexibility index (Phi) is 4.45. The van der Waals surface area contributed by atoms with Crippen LogP contribution >= 0.6 is 0 Å². The highest BCUT2D eigenvalue weighted by molar-refractivity contribution is 7.88. The van der Waals surface area contributed by atoms with Crippen LogP contribution in [-0.4, -0.2) is 35.8 Å². The van der Waals surface area contributed by atoms with Gasteiger partial charge in [0, 0.05) is 29.7 Å². The van der Waals surface area contributed by atoms with E-state index in [-0.39, 0.29) is 11.7 Å². The summed E-state index contributed by atoms with van der Waals surface area (Å²) in [6.45, 7) is 1.23. The van der Waals surface area contributed by atoms with Crippen LogP contribution < -0.4 is 11.5 Å². The van der Waals surface area contributed by atoms with E-state index >= 15 is 0 Å². The van der Waals surface area contributed by atoms with Crippen molar-refractivity contribution in [3.05, 3.63) is 48.0 Å². The van der Waals surface area contributed by atoms with Gasteiger partial charge < -0.3 is 11.5 Å². The lowest BCUT2D eigenvalue weighted by Crippen LogP contribution is -2.29. The highest BCUT2D eigenvalue weighted by atomic mass is 32.2. The molecule has 3 aromatic rings. The smallest absolute Gasteiger partial charge is 0.221 e. The predicted octanol–water partition coefficient (Wildman–Crippen LogP) is 2.39. The third-order valence-corrected chi connectivity index (χ3v) is 6.66. The number of nitrogens with zero attached hydrogens (tertiary/aromatic N) is 3. The zero-order valence-corrected chi connectivity index (χ0v) is 15.6. The van der Waals surface area contributed by atoms with Gasteiger partial charge in [-0.25, -0.2) is 22.7 Å². The molecule has 2 aromatic carbocycles. The Morgan fingerprint density at radius 1 is 0.963 bits per heavy atom. The maximum absolute atomic E-state index is 12.5. The monoisotopic (exact) mass is 383 g/mol. The van der Waals surface area contributed by atoms with Crippen LogP contribution in [0.25, 0.3) is 22.2 Å². The van der Waals surface area contributed by atoms with Gasteiger partial charge in [0.2, 0.25) is 16.0 Å². The molecule has 0 unspecified atom stereocenters. The zero-order valence-electron chi connectivity index (χ0n) is 14.8. The molecule has 0 radical (unpaired) electrons. The number of anilines is 2. The summed E-state index contributed by atoms with van der Waals surface area (Å²) in [5, 5.41) is 0.740. The van der Waals surface area contributed by atoms with Gasteiger partial charge in [-0.2, -0.15) is 0 Å². The van der Waals surface area contributed by atoms with E-state index in [0.29, 0.717) is 30.0 Å². The molecule has 1 fully saturated rings. The van der Waals surface area contributed by atoms with E-state index in [0.717, 1.165) is 29.4 Å². The number of fused-ring (bicyclic) bond motifs is 1. The van der Waals surface area contributed by atoms with Crippen LogP contribution in [0.2, 0.25) is 0 Å². The summed E-state index contributed by atoms with van der Waals surface area (Å²) in [5.41, 5.74) is 15.4. The van der Waals surface area contributed by atoms with Gasteiger partial charge in [-0.1, -0.05) is 30.3 Å². The number of rotatable bonds is 4. The predicted molar refractivity (Wildman–Crippen MR) is 107 cm³/mol. The minimum Gasteiger partial charge on any atom is -0.398 e. The number of nitrogens with two attached hydrogens (primary N) is 2. The fourth-order valence-corrected chi connectivity index (χ4v) is 5.07. The van der Waals surface area contributed by atoms with Crippen molar-refractivity contribution in [2.24, 2.45) is 0 Å². The molecule has 1 aliphatic heterocycles. The van der Waals surface area contributed by atoms with Crippen molar-refractivity contribution >= 4 is 32.6 Å². The quantitative estimate of drug-likeness (QED) is 0.669. The van der Waals surface area contributed by atoms with Crippen molar-refractivity contribution < 1.29 is 8.42 Å². The van der Waals surface area contributed by atoms with Gasteiger partial charge in [0.15, 0.2) is 0 Å². The number of hydrogen-bond acceptors (Lipinski definition) is 6. The molecule has 27 heavy (non-hydrogen) atoms. The van der Waals surface area contributed by atoms with Gasteiger partial charge in [-0.05, 0) is 30.5 Å². The van der Waals surface area contributed by atoms with Crippen LogP contribution in [-0.2, 0) is 15.8 Å². The van der Waals surface area contributed by atoms with Crippen molar-refractivity contribution in [2.45, 2.75) is 18.6 Å². The Hall–Kier alpha value is -2.71. The molecule has 8 heteroatoms. The lowest BCUT2D eigenvalue weighted by Gasteiger charge is -2.15. The summed E-state index contributed by atoms with van der Waals surface area (Å²) in [7, 11) is -3.27. The summed E-state index contributed by atoms with van der Waals surface area (Å²) in [6.07, 6.45) is 1.86. The lowest BCUT2D eigenvalue weighted by atomic mass is 10.0. The Morgan fingerprint density at radius 3 is 2.37 bits per heavy atom. The van der Waals surface area contributed by atoms with E-state index in [9.17, 15) is 8.42 Å². The molecule has 1 aromatic heterocycles. The van der Waals surface area contributed by atoms with Gasteiger partial charge in [0.05, 0.1) is 17.0 Å². The maximum atomic E-state index is 12.5. The van der Waals surface area contributed by atoms with Crippen molar-refractivity contribution in [3.63, 3.8) is 0 Å².